The predicted molar refractivity (Wildman–Crippen MR) is 82.9 cm³/mol. The number of carbonyl (C=O) groups excluding carboxylic acids is 2. The molecular formula is C15H16N2O3S. The molecule has 1 heterocycles. The van der Waals surface area contributed by atoms with Crippen molar-refractivity contribution in [2.24, 2.45) is 0 Å². The summed E-state index contributed by atoms with van der Waals surface area (Å²) in [6.45, 7) is 0. The number of thioether (sulfide) groups is 1. The Kier molecular flexibility index (Phi) is 4.70. The summed E-state index contributed by atoms with van der Waals surface area (Å²) in [4.78, 5) is 25.4. The molecule has 0 saturated heterocycles. The second kappa shape index (κ2) is 6.49. The number of furan rings is 1. The Hall–Kier alpha value is -2.21. The van der Waals surface area contributed by atoms with Crippen LogP contribution in [0.4, 0.5) is 5.69 Å². The molecule has 1 aromatic carbocycles. The van der Waals surface area contributed by atoms with E-state index >= 15 is 0 Å². The Morgan fingerprint density at radius 2 is 1.95 bits per heavy atom. The minimum absolute atomic E-state index is 0.117. The molecule has 21 heavy (non-hydrogen) atoms. The molecule has 0 aliphatic rings. The van der Waals surface area contributed by atoms with Crippen LogP contribution in [0, 0.1) is 0 Å². The maximum atomic E-state index is 12.0. The maximum Gasteiger partial charge on any atom is 0.291 e. The fourth-order valence-corrected chi connectivity index (χ4v) is 2.11. The van der Waals surface area contributed by atoms with Crippen molar-refractivity contribution in [1.29, 1.82) is 0 Å². The third-order valence-electron chi connectivity index (χ3n) is 2.78. The number of benzene rings is 1. The number of anilines is 1. The monoisotopic (exact) mass is 304 g/mol. The predicted octanol–water partition coefficient (Wildman–Crippen LogP) is 2.96. The smallest absolute Gasteiger partial charge is 0.291 e. The quantitative estimate of drug-likeness (QED) is 0.882. The summed E-state index contributed by atoms with van der Waals surface area (Å²) in [5.41, 5.74) is 1.07. The van der Waals surface area contributed by atoms with Crippen LogP contribution in [0.1, 0.15) is 20.9 Å². The molecule has 2 rings (SSSR count). The van der Waals surface area contributed by atoms with Gasteiger partial charge in [-0.25, -0.2) is 0 Å². The first-order valence-electron chi connectivity index (χ1n) is 6.28. The van der Waals surface area contributed by atoms with E-state index in [-0.39, 0.29) is 17.6 Å². The van der Waals surface area contributed by atoms with E-state index in [1.807, 2.05) is 6.26 Å². The lowest BCUT2D eigenvalue weighted by molar-refractivity contribution is 0.0827. The summed E-state index contributed by atoms with van der Waals surface area (Å²) in [5.74, 6) is -0.220. The average molecular weight is 304 g/mol. The molecule has 0 radical (unpaired) electrons. The van der Waals surface area contributed by atoms with E-state index in [0.29, 0.717) is 16.3 Å². The highest BCUT2D eigenvalue weighted by Gasteiger charge is 2.13. The van der Waals surface area contributed by atoms with Gasteiger partial charge in [-0.2, -0.15) is 0 Å². The van der Waals surface area contributed by atoms with Crippen molar-refractivity contribution in [2.75, 3.05) is 25.7 Å². The van der Waals surface area contributed by atoms with E-state index in [4.69, 9.17) is 4.42 Å². The lowest BCUT2D eigenvalue weighted by atomic mass is 10.2. The van der Waals surface area contributed by atoms with Gasteiger partial charge in [0.1, 0.15) is 0 Å². The van der Waals surface area contributed by atoms with Gasteiger partial charge in [-0.05, 0) is 36.6 Å². The van der Waals surface area contributed by atoms with E-state index in [2.05, 4.69) is 5.32 Å². The van der Waals surface area contributed by atoms with Crippen LogP contribution >= 0.6 is 11.8 Å². The molecule has 0 bridgehead atoms. The Bertz CT molecular complexity index is 664. The number of rotatable bonds is 4. The third kappa shape index (κ3) is 3.66. The summed E-state index contributed by atoms with van der Waals surface area (Å²) in [5, 5.41) is 3.39. The van der Waals surface area contributed by atoms with Gasteiger partial charge in [0.2, 0.25) is 0 Å². The number of nitrogens with one attached hydrogen (secondary N) is 1. The lowest BCUT2D eigenvalue weighted by Gasteiger charge is -2.11. The van der Waals surface area contributed by atoms with E-state index < -0.39 is 0 Å². The molecule has 0 aliphatic heterocycles. The summed E-state index contributed by atoms with van der Waals surface area (Å²) in [7, 11) is 3.36. The Balaban J connectivity index is 2.14. The lowest BCUT2D eigenvalue weighted by Crippen LogP contribution is -2.21. The molecule has 2 aromatic rings. The number of carbonyl (C=O) groups is 2. The molecule has 0 saturated carbocycles. The van der Waals surface area contributed by atoms with Crippen LogP contribution in [0.15, 0.2) is 45.9 Å². The highest BCUT2D eigenvalue weighted by atomic mass is 32.2. The number of nitrogens with zero attached hydrogens (tertiary/aromatic N) is 1. The standard InChI is InChI=1S/C15H16N2O3S/c1-17(2)15(19)10-5-4-6-11(9-10)16-14(18)12-7-8-13(20-12)21-3/h4-9H,1-3H3,(H,16,18). The van der Waals surface area contributed by atoms with Gasteiger partial charge >= 0.3 is 0 Å². The van der Waals surface area contributed by atoms with E-state index in [1.54, 1.807) is 50.5 Å². The summed E-state index contributed by atoms with van der Waals surface area (Å²) in [6, 6.07) is 10.2. The zero-order valence-corrected chi connectivity index (χ0v) is 12.9. The topological polar surface area (TPSA) is 62.6 Å². The fraction of sp³-hybridized carbons (Fsp3) is 0.200. The molecule has 110 valence electrons. The molecule has 0 atom stereocenters. The molecule has 1 aromatic heterocycles. The van der Waals surface area contributed by atoms with Crippen molar-refractivity contribution in [3.8, 4) is 0 Å². The van der Waals surface area contributed by atoms with Crippen LogP contribution < -0.4 is 5.32 Å². The molecule has 0 spiro atoms. The molecule has 1 N–H and O–H groups in total. The van der Waals surface area contributed by atoms with E-state index in [1.165, 1.54) is 16.7 Å². The molecule has 0 fully saturated rings. The van der Waals surface area contributed by atoms with Crippen molar-refractivity contribution < 1.29 is 14.0 Å². The van der Waals surface area contributed by atoms with Crippen molar-refractivity contribution in [1.82, 2.24) is 4.90 Å². The second-order valence-corrected chi connectivity index (χ2v) is 5.37. The molecule has 0 unspecified atom stereocenters. The number of hydrogen-bond acceptors (Lipinski definition) is 4. The average Bonchev–Trinajstić information content (AvgIpc) is 2.95. The summed E-state index contributed by atoms with van der Waals surface area (Å²) >= 11 is 1.43. The zero-order valence-electron chi connectivity index (χ0n) is 12.0. The summed E-state index contributed by atoms with van der Waals surface area (Å²) in [6.07, 6.45) is 1.87. The fourth-order valence-electron chi connectivity index (χ4n) is 1.73. The minimum Gasteiger partial charge on any atom is -0.445 e. The Morgan fingerprint density at radius 3 is 2.57 bits per heavy atom. The van der Waals surface area contributed by atoms with Crippen LogP contribution in [-0.4, -0.2) is 37.1 Å². The second-order valence-electron chi connectivity index (χ2n) is 4.56. The van der Waals surface area contributed by atoms with Crippen molar-refractivity contribution in [3.63, 3.8) is 0 Å². The zero-order chi connectivity index (χ0) is 15.4. The van der Waals surface area contributed by atoms with Crippen LogP contribution in [-0.2, 0) is 0 Å². The van der Waals surface area contributed by atoms with Crippen molar-refractivity contribution in [3.05, 3.63) is 47.7 Å². The first-order chi connectivity index (χ1) is 10.0. The normalized spacial score (nSPS) is 10.2. The van der Waals surface area contributed by atoms with E-state index in [0.717, 1.165) is 0 Å². The highest BCUT2D eigenvalue weighted by Crippen LogP contribution is 2.19. The van der Waals surface area contributed by atoms with Gasteiger partial charge in [0.25, 0.3) is 11.8 Å². The van der Waals surface area contributed by atoms with E-state index in [9.17, 15) is 9.59 Å². The van der Waals surface area contributed by atoms with Crippen LogP contribution in [0.25, 0.3) is 0 Å². The van der Waals surface area contributed by atoms with Gasteiger partial charge in [0.15, 0.2) is 10.9 Å². The van der Waals surface area contributed by atoms with Gasteiger partial charge in [-0.1, -0.05) is 17.8 Å². The maximum absolute atomic E-state index is 12.0. The van der Waals surface area contributed by atoms with Crippen LogP contribution in [0.5, 0.6) is 0 Å². The molecule has 5 nitrogen and oxygen atoms in total. The first kappa shape index (κ1) is 15.2. The molecule has 0 aliphatic carbocycles. The Morgan fingerprint density at radius 1 is 1.19 bits per heavy atom. The SMILES string of the molecule is CSc1ccc(C(=O)Nc2cccc(C(=O)N(C)C)c2)o1. The van der Waals surface area contributed by atoms with Crippen LogP contribution in [0.3, 0.4) is 0 Å². The van der Waals surface area contributed by atoms with Crippen molar-refractivity contribution in [2.45, 2.75) is 5.09 Å². The summed E-state index contributed by atoms with van der Waals surface area (Å²) < 4.78 is 5.36. The minimum atomic E-state index is -0.343. The molecule has 6 heteroatoms. The van der Waals surface area contributed by atoms with Gasteiger partial charge in [0.05, 0.1) is 0 Å². The van der Waals surface area contributed by atoms with Crippen LogP contribution in [0.2, 0.25) is 0 Å². The van der Waals surface area contributed by atoms with Crippen molar-refractivity contribution >= 4 is 29.3 Å². The number of hydrogen-bond donors (Lipinski definition) is 1. The Labute approximate surface area is 127 Å². The highest BCUT2D eigenvalue weighted by molar-refractivity contribution is 7.98. The molecular weight excluding hydrogens is 288 g/mol. The largest absolute Gasteiger partial charge is 0.445 e. The van der Waals surface area contributed by atoms with Gasteiger partial charge in [-0.3, -0.25) is 9.59 Å². The van der Waals surface area contributed by atoms with Gasteiger partial charge in [0, 0.05) is 25.3 Å². The first-order valence-corrected chi connectivity index (χ1v) is 7.50. The molecule has 2 amide bonds. The number of amides is 2. The van der Waals surface area contributed by atoms with Gasteiger partial charge < -0.3 is 14.6 Å². The van der Waals surface area contributed by atoms with Gasteiger partial charge in [-0.15, -0.1) is 0 Å². The third-order valence-corrected chi connectivity index (χ3v) is 3.40.